The normalized spacial score (nSPS) is 11.2. The first-order chi connectivity index (χ1) is 8.90. The van der Waals surface area contributed by atoms with Gasteiger partial charge in [0.2, 0.25) is 12.3 Å². The van der Waals surface area contributed by atoms with E-state index < -0.39 is 0 Å². The van der Waals surface area contributed by atoms with Crippen LogP contribution in [-0.2, 0) is 15.0 Å². The van der Waals surface area contributed by atoms with E-state index in [1.807, 2.05) is 38.1 Å². The lowest BCUT2D eigenvalue weighted by Gasteiger charge is -2.27. The van der Waals surface area contributed by atoms with E-state index in [1.165, 1.54) is 0 Å². The van der Waals surface area contributed by atoms with E-state index in [1.54, 1.807) is 7.05 Å². The van der Waals surface area contributed by atoms with Crippen molar-refractivity contribution in [3.8, 4) is 0 Å². The number of halogens is 1. The minimum Gasteiger partial charge on any atom is -0.277 e. The van der Waals surface area contributed by atoms with Crippen LogP contribution in [0.4, 0.5) is 0 Å². The lowest BCUT2D eigenvalue weighted by Crippen LogP contribution is -2.49. The molecule has 0 aliphatic rings. The molecule has 5 nitrogen and oxygen atoms in total. The van der Waals surface area contributed by atoms with Crippen LogP contribution in [0.3, 0.4) is 0 Å². The standard InChI is InChI=1S/C13H18BrN3O2/c1-13(2,10-5-4-6-11(14)7-10)8-12(19)17(9-18)16-15-3/h4-7,9,15-16H,8H2,1-3H3. The van der Waals surface area contributed by atoms with Gasteiger partial charge in [-0.3, -0.25) is 9.59 Å². The largest absolute Gasteiger partial charge is 0.277 e. The molecule has 0 aliphatic heterocycles. The second kappa shape index (κ2) is 6.79. The summed E-state index contributed by atoms with van der Waals surface area (Å²) in [6.45, 7) is 3.93. The van der Waals surface area contributed by atoms with Gasteiger partial charge in [-0.25, -0.2) is 10.4 Å². The van der Waals surface area contributed by atoms with Crippen molar-refractivity contribution in [2.24, 2.45) is 0 Å². The van der Waals surface area contributed by atoms with Crippen LogP contribution in [0.1, 0.15) is 25.8 Å². The van der Waals surface area contributed by atoms with Crippen molar-refractivity contribution < 1.29 is 9.59 Å². The highest BCUT2D eigenvalue weighted by Gasteiger charge is 2.27. The zero-order valence-corrected chi connectivity index (χ0v) is 12.8. The van der Waals surface area contributed by atoms with Crippen LogP contribution in [0.15, 0.2) is 28.7 Å². The fraction of sp³-hybridized carbons (Fsp3) is 0.385. The highest BCUT2D eigenvalue weighted by Crippen LogP contribution is 2.29. The van der Waals surface area contributed by atoms with Gasteiger partial charge in [-0.15, -0.1) is 0 Å². The molecule has 2 amide bonds. The zero-order valence-electron chi connectivity index (χ0n) is 11.2. The number of hydrazine groups is 2. The average Bonchev–Trinajstić information content (AvgIpc) is 2.35. The number of carbonyl (C=O) groups is 2. The Morgan fingerprint density at radius 3 is 2.68 bits per heavy atom. The molecule has 0 aromatic heterocycles. The summed E-state index contributed by atoms with van der Waals surface area (Å²) in [6.07, 6.45) is 0.673. The number of hydrogen-bond donors (Lipinski definition) is 2. The monoisotopic (exact) mass is 327 g/mol. The van der Waals surface area contributed by atoms with E-state index >= 15 is 0 Å². The van der Waals surface area contributed by atoms with Gasteiger partial charge in [-0.05, 0) is 23.1 Å². The maximum atomic E-state index is 12.0. The molecule has 0 spiro atoms. The van der Waals surface area contributed by atoms with Crippen molar-refractivity contribution >= 4 is 28.2 Å². The number of imide groups is 1. The van der Waals surface area contributed by atoms with Gasteiger partial charge in [0.1, 0.15) is 0 Å². The lowest BCUT2D eigenvalue weighted by molar-refractivity contribution is -0.143. The number of hydrogen-bond acceptors (Lipinski definition) is 4. The lowest BCUT2D eigenvalue weighted by atomic mass is 9.81. The molecule has 0 aliphatic carbocycles. The number of nitrogens with zero attached hydrogens (tertiary/aromatic N) is 1. The predicted octanol–water partition coefficient (Wildman–Crippen LogP) is 1.74. The Balaban J connectivity index is 2.84. The fourth-order valence-corrected chi connectivity index (χ4v) is 2.14. The van der Waals surface area contributed by atoms with Gasteiger partial charge >= 0.3 is 0 Å². The number of amides is 2. The van der Waals surface area contributed by atoms with E-state index in [4.69, 9.17) is 0 Å². The molecular weight excluding hydrogens is 310 g/mol. The zero-order chi connectivity index (χ0) is 14.5. The van der Waals surface area contributed by atoms with Crippen molar-refractivity contribution in [3.63, 3.8) is 0 Å². The highest BCUT2D eigenvalue weighted by molar-refractivity contribution is 9.10. The van der Waals surface area contributed by atoms with Crippen LogP contribution in [0.2, 0.25) is 0 Å². The molecular formula is C13H18BrN3O2. The molecule has 0 saturated heterocycles. The molecule has 2 N–H and O–H groups in total. The molecule has 0 saturated carbocycles. The molecule has 0 heterocycles. The van der Waals surface area contributed by atoms with Crippen LogP contribution in [0, 0.1) is 0 Å². The topological polar surface area (TPSA) is 61.4 Å². The summed E-state index contributed by atoms with van der Waals surface area (Å²) < 4.78 is 0.964. The first-order valence-corrected chi connectivity index (χ1v) is 6.66. The van der Waals surface area contributed by atoms with Gasteiger partial charge in [0.25, 0.3) is 0 Å². The molecule has 1 aromatic carbocycles. The summed E-state index contributed by atoms with van der Waals surface area (Å²) in [6, 6.07) is 7.80. The maximum Gasteiger partial charge on any atom is 0.245 e. The van der Waals surface area contributed by atoms with Crippen molar-refractivity contribution in [3.05, 3.63) is 34.3 Å². The second-order valence-electron chi connectivity index (χ2n) is 4.80. The Labute approximate surface area is 121 Å². The molecule has 1 aromatic rings. The molecule has 1 rings (SSSR count). The molecule has 0 bridgehead atoms. The average molecular weight is 328 g/mol. The summed E-state index contributed by atoms with van der Waals surface area (Å²) in [5.41, 5.74) is 5.69. The van der Waals surface area contributed by atoms with Crippen LogP contribution < -0.4 is 11.0 Å². The van der Waals surface area contributed by atoms with Crippen molar-refractivity contribution in [1.82, 2.24) is 16.0 Å². The Hall–Kier alpha value is -1.24. The first-order valence-electron chi connectivity index (χ1n) is 5.86. The highest BCUT2D eigenvalue weighted by atomic mass is 79.9. The third-order valence-corrected chi connectivity index (χ3v) is 3.30. The molecule has 19 heavy (non-hydrogen) atoms. The number of nitrogens with one attached hydrogen (secondary N) is 2. The van der Waals surface area contributed by atoms with Crippen LogP contribution in [-0.4, -0.2) is 24.4 Å². The summed E-state index contributed by atoms with van der Waals surface area (Å²) in [5.74, 6) is -0.297. The Morgan fingerprint density at radius 2 is 2.16 bits per heavy atom. The first kappa shape index (κ1) is 15.8. The molecule has 0 unspecified atom stereocenters. The van der Waals surface area contributed by atoms with E-state index in [9.17, 15) is 9.59 Å². The summed E-state index contributed by atoms with van der Waals surface area (Å²) in [5, 5.41) is 0.903. The number of benzene rings is 1. The quantitative estimate of drug-likeness (QED) is 0.617. The molecule has 6 heteroatoms. The Kier molecular flexibility index (Phi) is 5.65. The van der Waals surface area contributed by atoms with E-state index in [0.717, 1.165) is 15.0 Å². The third-order valence-electron chi connectivity index (χ3n) is 2.81. The van der Waals surface area contributed by atoms with Gasteiger partial charge in [0.05, 0.1) is 0 Å². The number of carbonyl (C=O) groups excluding carboxylic acids is 2. The summed E-state index contributed by atoms with van der Waals surface area (Å²) in [7, 11) is 1.59. The summed E-state index contributed by atoms with van der Waals surface area (Å²) in [4.78, 5) is 22.8. The van der Waals surface area contributed by atoms with Crippen LogP contribution in [0.25, 0.3) is 0 Å². The van der Waals surface area contributed by atoms with Gasteiger partial charge in [-0.1, -0.05) is 41.9 Å². The minimum atomic E-state index is -0.364. The SMILES string of the molecule is CNNN(C=O)C(=O)CC(C)(C)c1cccc(Br)c1. The second-order valence-corrected chi connectivity index (χ2v) is 5.72. The fourth-order valence-electron chi connectivity index (χ4n) is 1.74. The van der Waals surface area contributed by atoms with Crippen LogP contribution >= 0.6 is 15.9 Å². The number of rotatable bonds is 6. The van der Waals surface area contributed by atoms with Gasteiger partial charge in [-0.2, -0.15) is 5.53 Å². The summed E-state index contributed by atoms with van der Waals surface area (Å²) >= 11 is 3.41. The molecule has 104 valence electrons. The Bertz CT molecular complexity index is 463. The van der Waals surface area contributed by atoms with Crippen molar-refractivity contribution in [2.75, 3.05) is 7.05 Å². The predicted molar refractivity (Wildman–Crippen MR) is 76.9 cm³/mol. The van der Waals surface area contributed by atoms with E-state index in [0.29, 0.717) is 6.41 Å². The molecule has 0 atom stereocenters. The van der Waals surface area contributed by atoms with E-state index in [2.05, 4.69) is 26.9 Å². The Morgan fingerprint density at radius 1 is 1.47 bits per heavy atom. The van der Waals surface area contributed by atoms with E-state index in [-0.39, 0.29) is 17.7 Å². The van der Waals surface area contributed by atoms with Crippen molar-refractivity contribution in [2.45, 2.75) is 25.7 Å². The minimum absolute atomic E-state index is 0.219. The van der Waals surface area contributed by atoms with Crippen LogP contribution in [0.5, 0.6) is 0 Å². The van der Waals surface area contributed by atoms with Crippen molar-refractivity contribution in [1.29, 1.82) is 0 Å². The molecule has 0 fully saturated rings. The maximum absolute atomic E-state index is 12.0. The van der Waals surface area contributed by atoms with Gasteiger partial charge < -0.3 is 0 Å². The smallest absolute Gasteiger partial charge is 0.245 e. The third kappa shape index (κ3) is 4.41. The van der Waals surface area contributed by atoms with Gasteiger partial charge in [0.15, 0.2) is 0 Å². The molecule has 0 radical (unpaired) electrons. The van der Waals surface area contributed by atoms with Gasteiger partial charge in [0, 0.05) is 17.9 Å².